The first-order valence-corrected chi connectivity index (χ1v) is 8.82. The van der Waals surface area contributed by atoms with Gasteiger partial charge in [0.2, 0.25) is 5.75 Å². The van der Waals surface area contributed by atoms with Gasteiger partial charge in [0, 0.05) is 6.42 Å². The molecule has 0 saturated carbocycles. The summed E-state index contributed by atoms with van der Waals surface area (Å²) in [4.78, 5) is 29.1. The highest BCUT2D eigenvalue weighted by Gasteiger charge is 2.21. The Morgan fingerprint density at radius 2 is 1.93 bits per heavy atom. The van der Waals surface area contributed by atoms with Crippen LogP contribution in [0, 0.1) is 0 Å². The average molecular weight is 403 g/mol. The minimum Gasteiger partial charge on any atom is -0.501 e. The Bertz CT molecular complexity index is 1260. The van der Waals surface area contributed by atoms with Crippen LogP contribution in [0.3, 0.4) is 0 Å². The molecule has 0 amide bonds. The van der Waals surface area contributed by atoms with Gasteiger partial charge in [0.1, 0.15) is 0 Å². The molecule has 136 valence electrons. The topological polar surface area (TPSA) is 84.8 Å². The molecule has 4 rings (SSSR count). The van der Waals surface area contributed by atoms with E-state index in [1.54, 1.807) is 42.5 Å². The summed E-state index contributed by atoms with van der Waals surface area (Å²) in [5.41, 5.74) is 0.331. The molecule has 8 heteroatoms. The Hall–Kier alpha value is -2.83. The quantitative estimate of drug-likeness (QED) is 0.515. The number of aromatic hydroxyl groups is 1. The number of nitrogens with zero attached hydrogens (tertiary/aromatic N) is 2. The largest absolute Gasteiger partial charge is 0.501 e. The van der Waals surface area contributed by atoms with Crippen molar-refractivity contribution < 1.29 is 14.4 Å². The van der Waals surface area contributed by atoms with E-state index >= 15 is 0 Å². The molecule has 0 bridgehead atoms. The third kappa shape index (κ3) is 3.07. The predicted octanol–water partition coefficient (Wildman–Crippen LogP) is 4.27. The maximum atomic E-state index is 12.6. The monoisotopic (exact) mass is 402 g/mol. The zero-order chi connectivity index (χ0) is 19.1. The zero-order valence-electron chi connectivity index (χ0n) is 13.8. The van der Waals surface area contributed by atoms with Crippen molar-refractivity contribution in [2.45, 2.75) is 12.8 Å². The highest BCUT2D eigenvalue weighted by molar-refractivity contribution is 6.42. The average Bonchev–Trinajstić information content (AvgIpc) is 3.04. The number of ketones is 1. The lowest BCUT2D eigenvalue weighted by molar-refractivity contribution is 0.0974. The van der Waals surface area contributed by atoms with E-state index in [-0.39, 0.29) is 17.8 Å². The van der Waals surface area contributed by atoms with E-state index in [2.05, 4.69) is 4.98 Å². The van der Waals surface area contributed by atoms with Crippen LogP contribution in [0.2, 0.25) is 10.0 Å². The lowest BCUT2D eigenvalue weighted by Crippen LogP contribution is -2.17. The van der Waals surface area contributed by atoms with Gasteiger partial charge in [0.05, 0.1) is 15.4 Å². The minimum atomic E-state index is -0.825. The van der Waals surface area contributed by atoms with Gasteiger partial charge < -0.3 is 9.63 Å². The van der Waals surface area contributed by atoms with Crippen LogP contribution in [0.4, 0.5) is 0 Å². The molecule has 2 aromatic carbocycles. The van der Waals surface area contributed by atoms with Crippen LogP contribution < -0.4 is 5.56 Å². The molecule has 1 N–H and O–H groups in total. The number of Topliss-reactive ketones (excluding diaryl/α,β-unsaturated/α-hetero) is 1. The molecule has 4 aromatic rings. The minimum absolute atomic E-state index is 0.0456. The second-order valence-corrected chi connectivity index (χ2v) is 6.81. The number of rotatable bonds is 4. The highest BCUT2D eigenvalue weighted by atomic mass is 35.5. The molecule has 2 heterocycles. The first-order valence-electron chi connectivity index (χ1n) is 8.06. The van der Waals surface area contributed by atoms with Gasteiger partial charge in [-0.05, 0) is 36.2 Å². The fraction of sp³-hybridized carbons (Fsp3) is 0.105. The van der Waals surface area contributed by atoms with E-state index < -0.39 is 17.1 Å². The maximum absolute atomic E-state index is 12.6. The predicted molar refractivity (Wildman–Crippen MR) is 102 cm³/mol. The van der Waals surface area contributed by atoms with Gasteiger partial charge in [-0.15, -0.1) is 4.57 Å². The van der Waals surface area contributed by atoms with Crippen molar-refractivity contribution >= 4 is 45.6 Å². The summed E-state index contributed by atoms with van der Waals surface area (Å²) in [5, 5.41) is 11.6. The molecule has 0 aliphatic rings. The standard InChI is InChI=1S/C19H12Cl2N2O4/c20-12-7-5-10(9-13(12)21)6-8-14(24)16-17(25)19(26)23-18(22-16)11-3-1-2-4-15(11)27-23/h1-5,7,9,25H,6,8H2. The number of carbonyl (C=O) groups is 1. The second kappa shape index (κ2) is 6.72. The zero-order valence-corrected chi connectivity index (χ0v) is 15.3. The molecule has 2 aromatic heterocycles. The van der Waals surface area contributed by atoms with Crippen molar-refractivity contribution in [3.63, 3.8) is 0 Å². The molecule has 0 aliphatic carbocycles. The van der Waals surface area contributed by atoms with Crippen LogP contribution in [0.1, 0.15) is 22.5 Å². The number of para-hydroxylation sites is 1. The molecular weight excluding hydrogens is 391 g/mol. The summed E-state index contributed by atoms with van der Waals surface area (Å²) in [5.74, 6) is -1.19. The van der Waals surface area contributed by atoms with Crippen molar-refractivity contribution in [2.75, 3.05) is 0 Å². The molecular formula is C19H12Cl2N2O4. The van der Waals surface area contributed by atoms with Gasteiger partial charge in [-0.1, -0.05) is 41.4 Å². The Balaban J connectivity index is 1.70. The number of benzene rings is 2. The lowest BCUT2D eigenvalue weighted by atomic mass is 10.1. The smallest absolute Gasteiger partial charge is 0.330 e. The summed E-state index contributed by atoms with van der Waals surface area (Å²) in [7, 11) is 0. The first-order chi connectivity index (χ1) is 13.0. The number of halogens is 2. The Labute approximate surface area is 162 Å². The van der Waals surface area contributed by atoms with Gasteiger partial charge >= 0.3 is 5.56 Å². The number of hydrogen-bond donors (Lipinski definition) is 1. The number of aryl methyl sites for hydroxylation is 1. The van der Waals surface area contributed by atoms with E-state index in [0.717, 1.165) is 10.1 Å². The lowest BCUT2D eigenvalue weighted by Gasteiger charge is -2.05. The molecule has 0 saturated heterocycles. The van der Waals surface area contributed by atoms with Crippen LogP contribution in [0.5, 0.6) is 5.75 Å². The molecule has 0 aliphatic heterocycles. The van der Waals surface area contributed by atoms with E-state index in [9.17, 15) is 14.7 Å². The van der Waals surface area contributed by atoms with E-state index in [4.69, 9.17) is 27.7 Å². The molecule has 0 unspecified atom stereocenters. The molecule has 6 nitrogen and oxygen atoms in total. The van der Waals surface area contributed by atoms with Crippen LogP contribution in [-0.4, -0.2) is 20.4 Å². The number of fused-ring (bicyclic) bond motifs is 3. The van der Waals surface area contributed by atoms with Gasteiger partial charge in [-0.25, -0.2) is 4.98 Å². The van der Waals surface area contributed by atoms with Crippen LogP contribution in [0.25, 0.3) is 16.6 Å². The van der Waals surface area contributed by atoms with Gasteiger partial charge in [-0.3, -0.25) is 9.59 Å². The van der Waals surface area contributed by atoms with Crippen molar-refractivity contribution in [3.05, 3.63) is 74.1 Å². The van der Waals surface area contributed by atoms with Crippen LogP contribution in [-0.2, 0) is 6.42 Å². The first kappa shape index (κ1) is 17.6. The number of aromatic nitrogens is 2. The SMILES string of the molecule is O=C(CCc1ccc(Cl)c(Cl)c1)c1nc2c3ccccc3on2c(=O)c1O. The summed E-state index contributed by atoms with van der Waals surface area (Å²) in [6.45, 7) is 0. The number of hydrogen-bond acceptors (Lipinski definition) is 5. The van der Waals surface area contributed by atoms with Crippen molar-refractivity contribution in [1.82, 2.24) is 9.56 Å². The summed E-state index contributed by atoms with van der Waals surface area (Å²) < 4.78 is 6.28. The van der Waals surface area contributed by atoms with Crippen molar-refractivity contribution in [3.8, 4) is 5.75 Å². The fourth-order valence-electron chi connectivity index (χ4n) is 2.85. The van der Waals surface area contributed by atoms with Crippen LogP contribution >= 0.6 is 23.2 Å². The molecule has 0 spiro atoms. The Morgan fingerprint density at radius 3 is 2.70 bits per heavy atom. The highest BCUT2D eigenvalue weighted by Crippen LogP contribution is 2.25. The summed E-state index contributed by atoms with van der Waals surface area (Å²) >= 11 is 11.9. The fourth-order valence-corrected chi connectivity index (χ4v) is 3.17. The van der Waals surface area contributed by atoms with Crippen LogP contribution in [0.15, 0.2) is 51.8 Å². The van der Waals surface area contributed by atoms with Gasteiger partial charge in [0.25, 0.3) is 0 Å². The molecule has 0 atom stereocenters. The maximum Gasteiger partial charge on any atom is 0.330 e. The Morgan fingerprint density at radius 1 is 1.15 bits per heavy atom. The third-order valence-corrected chi connectivity index (χ3v) is 4.97. The van der Waals surface area contributed by atoms with Crippen molar-refractivity contribution in [1.29, 1.82) is 0 Å². The van der Waals surface area contributed by atoms with E-state index in [1.165, 1.54) is 0 Å². The van der Waals surface area contributed by atoms with E-state index in [0.29, 0.717) is 27.4 Å². The number of carbonyl (C=O) groups excluding carboxylic acids is 1. The summed E-state index contributed by atoms with van der Waals surface area (Å²) in [6, 6.07) is 12.0. The van der Waals surface area contributed by atoms with Gasteiger partial charge in [-0.2, -0.15) is 0 Å². The second-order valence-electron chi connectivity index (χ2n) is 5.99. The molecule has 0 fully saturated rings. The Kier molecular flexibility index (Phi) is 4.37. The summed E-state index contributed by atoms with van der Waals surface area (Å²) in [6.07, 6.45) is 0.409. The molecule has 0 radical (unpaired) electrons. The van der Waals surface area contributed by atoms with Crippen molar-refractivity contribution in [2.24, 2.45) is 0 Å². The molecule has 27 heavy (non-hydrogen) atoms. The normalized spacial score (nSPS) is 11.3. The van der Waals surface area contributed by atoms with E-state index in [1.807, 2.05) is 0 Å². The third-order valence-electron chi connectivity index (χ3n) is 4.23. The van der Waals surface area contributed by atoms with Gasteiger partial charge in [0.15, 0.2) is 22.7 Å².